The monoisotopic (exact) mass is 187 g/mol. The average Bonchev–Trinajstić information content (AvgIpc) is 1.84. The van der Waals surface area contributed by atoms with E-state index in [0.717, 1.165) is 0 Å². The highest BCUT2D eigenvalue weighted by Gasteiger charge is 2.04. The minimum absolute atomic E-state index is 0. The Morgan fingerprint density at radius 2 is 1.90 bits per heavy atom. The molecule has 3 nitrogen and oxygen atoms in total. The zero-order valence-corrected chi connectivity index (χ0v) is 7.67. The summed E-state index contributed by atoms with van der Waals surface area (Å²) in [5.74, 6) is 0.465. The normalized spacial score (nSPS) is 10.6. The van der Waals surface area contributed by atoms with Crippen LogP contribution in [0.25, 0.3) is 0 Å². The maximum absolute atomic E-state index is 10.7. The maximum Gasteiger partial charge on any atom is 0.150 e. The lowest BCUT2D eigenvalue weighted by Crippen LogP contribution is -2.12. The molecule has 10 heavy (non-hydrogen) atoms. The number of sulfone groups is 1. The van der Waals surface area contributed by atoms with Crippen LogP contribution in [-0.4, -0.2) is 26.5 Å². The molecular weight excluding hydrogens is 174 g/mol. The van der Waals surface area contributed by atoms with Gasteiger partial charge in [0.15, 0.2) is 0 Å². The fourth-order valence-electron chi connectivity index (χ4n) is 0.448. The lowest BCUT2D eigenvalue weighted by atomic mass is 10.5. The lowest BCUT2D eigenvalue weighted by Gasteiger charge is -1.96. The van der Waals surface area contributed by atoms with E-state index in [1.54, 1.807) is 6.92 Å². The van der Waals surface area contributed by atoms with Crippen LogP contribution in [0.2, 0.25) is 0 Å². The van der Waals surface area contributed by atoms with Gasteiger partial charge in [-0.15, -0.1) is 12.4 Å². The molecule has 0 aromatic heterocycles. The lowest BCUT2D eigenvalue weighted by molar-refractivity contribution is 0.595. The molecule has 5 heteroatoms. The highest BCUT2D eigenvalue weighted by molar-refractivity contribution is 7.91. The van der Waals surface area contributed by atoms with Crippen LogP contribution in [0.1, 0.15) is 13.3 Å². The summed E-state index contributed by atoms with van der Waals surface area (Å²) in [6, 6.07) is 0. The summed E-state index contributed by atoms with van der Waals surface area (Å²) < 4.78 is 21.4. The predicted molar refractivity (Wildman–Crippen MR) is 45.2 cm³/mol. The minimum Gasteiger partial charge on any atom is -0.330 e. The van der Waals surface area contributed by atoms with Gasteiger partial charge in [0.25, 0.3) is 0 Å². The van der Waals surface area contributed by atoms with Crippen molar-refractivity contribution in [1.82, 2.24) is 0 Å². The Hall–Kier alpha value is 0.200. The number of rotatable bonds is 4. The van der Waals surface area contributed by atoms with Crippen molar-refractivity contribution in [3.63, 3.8) is 0 Å². The Morgan fingerprint density at radius 1 is 1.40 bits per heavy atom. The molecule has 0 rings (SSSR count). The molecule has 0 saturated carbocycles. The number of hydrogen-bond acceptors (Lipinski definition) is 3. The molecule has 2 N–H and O–H groups in total. The van der Waals surface area contributed by atoms with Crippen LogP contribution in [0, 0.1) is 0 Å². The van der Waals surface area contributed by atoms with Gasteiger partial charge < -0.3 is 5.73 Å². The van der Waals surface area contributed by atoms with E-state index >= 15 is 0 Å². The topological polar surface area (TPSA) is 60.2 Å². The second-order valence-corrected chi connectivity index (χ2v) is 4.35. The molecule has 0 aliphatic heterocycles. The van der Waals surface area contributed by atoms with E-state index < -0.39 is 9.84 Å². The van der Waals surface area contributed by atoms with Crippen LogP contribution in [0.3, 0.4) is 0 Å². The van der Waals surface area contributed by atoms with Crippen LogP contribution in [0.4, 0.5) is 0 Å². The minimum atomic E-state index is -2.76. The van der Waals surface area contributed by atoms with Crippen LogP contribution >= 0.6 is 12.4 Å². The first kappa shape index (κ1) is 12.8. The van der Waals surface area contributed by atoms with Crippen molar-refractivity contribution < 1.29 is 8.42 Å². The zero-order chi connectivity index (χ0) is 7.33. The smallest absolute Gasteiger partial charge is 0.150 e. The molecule has 0 amide bonds. The Labute approximate surface area is 68.3 Å². The van der Waals surface area contributed by atoms with Crippen molar-refractivity contribution in [2.24, 2.45) is 5.73 Å². The third-order valence-corrected chi connectivity index (χ3v) is 2.89. The molecule has 0 aliphatic carbocycles. The maximum atomic E-state index is 10.7. The molecule has 0 aromatic carbocycles. The molecule has 64 valence electrons. The van der Waals surface area contributed by atoms with Gasteiger partial charge in [-0.05, 0) is 13.0 Å². The number of halogens is 1. The van der Waals surface area contributed by atoms with Crippen molar-refractivity contribution >= 4 is 22.2 Å². The van der Waals surface area contributed by atoms with Gasteiger partial charge in [-0.3, -0.25) is 0 Å². The van der Waals surface area contributed by atoms with E-state index in [-0.39, 0.29) is 23.9 Å². The molecule has 0 spiro atoms. The summed E-state index contributed by atoms with van der Waals surface area (Å²) in [5.41, 5.74) is 5.13. The molecule has 0 saturated heterocycles. The van der Waals surface area contributed by atoms with E-state index in [0.29, 0.717) is 13.0 Å². The van der Waals surface area contributed by atoms with E-state index in [4.69, 9.17) is 5.73 Å². The molecule has 0 aromatic rings. The Bertz CT molecular complexity index is 155. The first-order valence-corrected chi connectivity index (χ1v) is 4.85. The summed E-state index contributed by atoms with van der Waals surface area (Å²) in [6.45, 7) is 2.10. The van der Waals surface area contributed by atoms with Crippen molar-refractivity contribution in [2.45, 2.75) is 13.3 Å². The van der Waals surface area contributed by atoms with E-state index in [1.165, 1.54) is 0 Å². The predicted octanol–water partition coefficient (Wildman–Crippen LogP) is 0.192. The van der Waals surface area contributed by atoms with Gasteiger partial charge >= 0.3 is 0 Å². The Balaban J connectivity index is 0. The van der Waals surface area contributed by atoms with Gasteiger partial charge in [-0.2, -0.15) is 0 Å². The number of nitrogens with two attached hydrogens (primary N) is 1. The molecule has 0 bridgehead atoms. The van der Waals surface area contributed by atoms with Gasteiger partial charge in [-0.25, -0.2) is 8.42 Å². The van der Waals surface area contributed by atoms with Crippen molar-refractivity contribution in [1.29, 1.82) is 0 Å². The molecule has 0 atom stereocenters. The standard InChI is InChI=1S/C5H13NO2S.ClH/c1-2-9(7,8)5-3-4-6;/h2-6H2,1H3;1H. The fraction of sp³-hybridized carbons (Fsp3) is 1.00. The summed E-state index contributed by atoms with van der Waals surface area (Å²) in [4.78, 5) is 0. The Morgan fingerprint density at radius 3 is 2.20 bits per heavy atom. The summed E-state index contributed by atoms with van der Waals surface area (Å²) in [7, 11) is -2.76. The second-order valence-electron chi connectivity index (χ2n) is 1.88. The van der Waals surface area contributed by atoms with Gasteiger partial charge in [0.2, 0.25) is 0 Å². The highest BCUT2D eigenvalue weighted by Crippen LogP contribution is 1.90. The summed E-state index contributed by atoms with van der Waals surface area (Å²) in [6.07, 6.45) is 0.580. The first-order valence-electron chi connectivity index (χ1n) is 3.03. The Kier molecular flexibility index (Phi) is 7.63. The van der Waals surface area contributed by atoms with Gasteiger partial charge in [0, 0.05) is 5.75 Å². The summed E-state index contributed by atoms with van der Waals surface area (Å²) in [5, 5.41) is 0. The van der Waals surface area contributed by atoms with Crippen molar-refractivity contribution in [3.05, 3.63) is 0 Å². The number of hydrogen-bond donors (Lipinski definition) is 1. The fourth-order valence-corrected chi connectivity index (χ4v) is 1.34. The molecule has 0 unspecified atom stereocenters. The zero-order valence-electron chi connectivity index (χ0n) is 6.04. The quantitative estimate of drug-likeness (QED) is 0.684. The van der Waals surface area contributed by atoms with Gasteiger partial charge in [0.1, 0.15) is 9.84 Å². The van der Waals surface area contributed by atoms with E-state index in [2.05, 4.69) is 0 Å². The van der Waals surface area contributed by atoms with Crippen LogP contribution in [-0.2, 0) is 9.84 Å². The third-order valence-electron chi connectivity index (χ3n) is 1.10. The van der Waals surface area contributed by atoms with Crippen molar-refractivity contribution in [3.8, 4) is 0 Å². The third kappa shape index (κ3) is 6.32. The molecule has 0 fully saturated rings. The average molecular weight is 188 g/mol. The largest absolute Gasteiger partial charge is 0.330 e. The summed E-state index contributed by atoms with van der Waals surface area (Å²) >= 11 is 0. The van der Waals surface area contributed by atoms with Gasteiger partial charge in [-0.1, -0.05) is 6.92 Å². The SMILES string of the molecule is CCS(=O)(=O)CCCN.Cl. The van der Waals surface area contributed by atoms with Crippen LogP contribution in [0.5, 0.6) is 0 Å². The van der Waals surface area contributed by atoms with Crippen molar-refractivity contribution in [2.75, 3.05) is 18.1 Å². The van der Waals surface area contributed by atoms with Gasteiger partial charge in [0.05, 0.1) is 5.75 Å². The van der Waals surface area contributed by atoms with Crippen LogP contribution in [0.15, 0.2) is 0 Å². The molecule has 0 aliphatic rings. The molecule has 0 radical (unpaired) electrons. The van der Waals surface area contributed by atoms with E-state index in [9.17, 15) is 8.42 Å². The van der Waals surface area contributed by atoms with Crippen LogP contribution < -0.4 is 5.73 Å². The second kappa shape index (κ2) is 5.95. The molecular formula is C5H14ClNO2S. The first-order chi connectivity index (χ1) is 4.12. The molecule has 0 heterocycles. The van der Waals surface area contributed by atoms with E-state index in [1.807, 2.05) is 0 Å². The highest BCUT2D eigenvalue weighted by atomic mass is 35.5.